The summed E-state index contributed by atoms with van der Waals surface area (Å²) in [6.07, 6.45) is 0. The number of aromatic nitrogens is 2. The Bertz CT molecular complexity index is 732. The van der Waals surface area contributed by atoms with E-state index in [-0.39, 0.29) is 23.8 Å². The van der Waals surface area contributed by atoms with Crippen molar-refractivity contribution in [2.75, 3.05) is 7.11 Å². The van der Waals surface area contributed by atoms with Gasteiger partial charge in [-0.1, -0.05) is 26.0 Å². The molecule has 1 amide bonds. The molecule has 1 heterocycles. The Kier molecular flexibility index (Phi) is 5.88. The SMILES string of the molecule is COc1ccc([C@H](NC(=O)[C@H](C)c2c(C)nn(C)c2C)C(C)C)cc1. The number of benzene rings is 1. The number of hydrogen-bond donors (Lipinski definition) is 1. The predicted octanol–water partition coefficient (Wildman–Crippen LogP) is 3.66. The summed E-state index contributed by atoms with van der Waals surface area (Å²) < 4.78 is 7.05. The molecule has 0 unspecified atom stereocenters. The van der Waals surface area contributed by atoms with Crippen molar-refractivity contribution >= 4 is 5.91 Å². The average Bonchev–Trinajstić information content (AvgIpc) is 2.84. The third kappa shape index (κ3) is 4.03. The van der Waals surface area contributed by atoms with Gasteiger partial charge >= 0.3 is 0 Å². The topological polar surface area (TPSA) is 56.1 Å². The zero-order chi connectivity index (χ0) is 18.7. The molecule has 25 heavy (non-hydrogen) atoms. The van der Waals surface area contributed by atoms with Gasteiger partial charge in [-0.05, 0) is 44.4 Å². The molecule has 1 N–H and O–H groups in total. The van der Waals surface area contributed by atoms with Crippen LogP contribution in [0.15, 0.2) is 24.3 Å². The van der Waals surface area contributed by atoms with Gasteiger partial charge in [-0.3, -0.25) is 9.48 Å². The summed E-state index contributed by atoms with van der Waals surface area (Å²) in [5.41, 5.74) is 4.03. The number of ether oxygens (including phenoxy) is 1. The van der Waals surface area contributed by atoms with Gasteiger partial charge in [0.05, 0.1) is 24.8 Å². The first kappa shape index (κ1) is 19.0. The molecule has 0 radical (unpaired) electrons. The normalized spacial score (nSPS) is 13.6. The van der Waals surface area contributed by atoms with E-state index in [0.29, 0.717) is 0 Å². The third-order valence-electron chi connectivity index (χ3n) is 4.83. The number of carbonyl (C=O) groups excluding carboxylic acids is 1. The molecule has 136 valence electrons. The summed E-state index contributed by atoms with van der Waals surface area (Å²) in [6, 6.07) is 7.83. The number of hydrogen-bond acceptors (Lipinski definition) is 3. The summed E-state index contributed by atoms with van der Waals surface area (Å²) in [5, 5.41) is 7.64. The van der Waals surface area contributed by atoms with Gasteiger partial charge in [0.2, 0.25) is 5.91 Å². The van der Waals surface area contributed by atoms with Gasteiger partial charge in [0, 0.05) is 18.3 Å². The van der Waals surface area contributed by atoms with Crippen LogP contribution in [0.4, 0.5) is 0 Å². The molecule has 5 heteroatoms. The van der Waals surface area contributed by atoms with E-state index < -0.39 is 0 Å². The van der Waals surface area contributed by atoms with Crippen molar-refractivity contribution in [2.24, 2.45) is 13.0 Å². The Morgan fingerprint density at radius 1 is 1.16 bits per heavy atom. The molecule has 0 bridgehead atoms. The lowest BCUT2D eigenvalue weighted by molar-refractivity contribution is -0.123. The highest BCUT2D eigenvalue weighted by molar-refractivity contribution is 5.84. The molecule has 0 fully saturated rings. The highest BCUT2D eigenvalue weighted by atomic mass is 16.5. The minimum Gasteiger partial charge on any atom is -0.497 e. The fourth-order valence-corrected chi connectivity index (χ4v) is 3.27. The summed E-state index contributed by atoms with van der Waals surface area (Å²) in [6.45, 7) is 10.1. The van der Waals surface area contributed by atoms with E-state index >= 15 is 0 Å². The largest absolute Gasteiger partial charge is 0.497 e. The van der Waals surface area contributed by atoms with E-state index in [4.69, 9.17) is 4.74 Å². The van der Waals surface area contributed by atoms with Gasteiger partial charge in [0.25, 0.3) is 0 Å². The maximum absolute atomic E-state index is 12.9. The first-order valence-electron chi connectivity index (χ1n) is 8.70. The van der Waals surface area contributed by atoms with Crippen LogP contribution in [-0.2, 0) is 11.8 Å². The van der Waals surface area contributed by atoms with Gasteiger partial charge in [-0.2, -0.15) is 5.10 Å². The second kappa shape index (κ2) is 7.72. The molecule has 0 aliphatic carbocycles. The van der Waals surface area contributed by atoms with Crippen LogP contribution in [0, 0.1) is 19.8 Å². The average molecular weight is 343 g/mol. The minimum absolute atomic E-state index is 0.0220. The molecule has 0 spiro atoms. The number of carbonyl (C=O) groups is 1. The van der Waals surface area contributed by atoms with E-state index in [1.807, 2.05) is 56.8 Å². The molecule has 1 aromatic heterocycles. The van der Waals surface area contributed by atoms with Crippen LogP contribution in [0.5, 0.6) is 5.75 Å². The number of rotatable bonds is 6. The van der Waals surface area contributed by atoms with E-state index in [2.05, 4.69) is 24.3 Å². The van der Waals surface area contributed by atoms with Crippen LogP contribution in [0.3, 0.4) is 0 Å². The summed E-state index contributed by atoms with van der Waals surface area (Å²) >= 11 is 0. The van der Waals surface area contributed by atoms with Crippen molar-refractivity contribution in [3.05, 3.63) is 46.8 Å². The van der Waals surface area contributed by atoms with Crippen molar-refractivity contribution in [2.45, 2.75) is 46.6 Å². The maximum Gasteiger partial charge on any atom is 0.227 e. The fourth-order valence-electron chi connectivity index (χ4n) is 3.27. The van der Waals surface area contributed by atoms with E-state index in [9.17, 15) is 4.79 Å². The zero-order valence-corrected chi connectivity index (χ0v) is 16.3. The van der Waals surface area contributed by atoms with Gasteiger partial charge < -0.3 is 10.1 Å². The van der Waals surface area contributed by atoms with Crippen molar-refractivity contribution in [3.63, 3.8) is 0 Å². The second-order valence-electron chi connectivity index (χ2n) is 6.93. The molecule has 5 nitrogen and oxygen atoms in total. The molecular weight excluding hydrogens is 314 g/mol. The fraction of sp³-hybridized carbons (Fsp3) is 0.500. The Morgan fingerprint density at radius 2 is 1.76 bits per heavy atom. The zero-order valence-electron chi connectivity index (χ0n) is 16.3. The number of aryl methyl sites for hydroxylation is 2. The van der Waals surface area contributed by atoms with Gasteiger partial charge in [-0.25, -0.2) is 0 Å². The second-order valence-corrected chi connectivity index (χ2v) is 6.93. The lowest BCUT2D eigenvalue weighted by atomic mass is 9.93. The van der Waals surface area contributed by atoms with Crippen molar-refractivity contribution < 1.29 is 9.53 Å². The number of nitrogens with one attached hydrogen (secondary N) is 1. The van der Waals surface area contributed by atoms with Crippen LogP contribution in [0.25, 0.3) is 0 Å². The Labute approximate surface area is 150 Å². The number of methoxy groups -OCH3 is 1. The first-order chi connectivity index (χ1) is 11.8. The highest BCUT2D eigenvalue weighted by Gasteiger charge is 2.26. The lowest BCUT2D eigenvalue weighted by Gasteiger charge is -2.25. The van der Waals surface area contributed by atoms with Crippen molar-refractivity contribution in [3.8, 4) is 5.75 Å². The van der Waals surface area contributed by atoms with Crippen LogP contribution >= 0.6 is 0 Å². The molecule has 0 saturated heterocycles. The highest BCUT2D eigenvalue weighted by Crippen LogP contribution is 2.27. The van der Waals surface area contributed by atoms with E-state index in [1.54, 1.807) is 7.11 Å². The van der Waals surface area contributed by atoms with Crippen LogP contribution in [0.1, 0.15) is 55.2 Å². The Morgan fingerprint density at radius 3 is 2.20 bits per heavy atom. The van der Waals surface area contributed by atoms with Gasteiger partial charge in [0.15, 0.2) is 0 Å². The third-order valence-corrected chi connectivity index (χ3v) is 4.83. The van der Waals surface area contributed by atoms with Crippen molar-refractivity contribution in [1.82, 2.24) is 15.1 Å². The molecule has 0 aliphatic rings. The lowest BCUT2D eigenvalue weighted by Crippen LogP contribution is -2.34. The molecule has 0 aliphatic heterocycles. The van der Waals surface area contributed by atoms with Gasteiger partial charge in [-0.15, -0.1) is 0 Å². The smallest absolute Gasteiger partial charge is 0.227 e. The molecule has 2 aromatic rings. The van der Waals surface area contributed by atoms with E-state index in [0.717, 1.165) is 28.3 Å². The quantitative estimate of drug-likeness (QED) is 0.871. The van der Waals surface area contributed by atoms with Crippen LogP contribution < -0.4 is 10.1 Å². The van der Waals surface area contributed by atoms with E-state index in [1.165, 1.54) is 0 Å². The Balaban J connectivity index is 2.22. The summed E-state index contributed by atoms with van der Waals surface area (Å²) in [7, 11) is 3.56. The molecule has 1 aromatic carbocycles. The molecule has 2 atom stereocenters. The predicted molar refractivity (Wildman–Crippen MR) is 99.8 cm³/mol. The minimum atomic E-state index is -0.242. The summed E-state index contributed by atoms with van der Waals surface area (Å²) in [5.74, 6) is 0.870. The Hall–Kier alpha value is -2.30. The molecule has 2 rings (SSSR count). The number of amides is 1. The van der Waals surface area contributed by atoms with Crippen molar-refractivity contribution in [1.29, 1.82) is 0 Å². The monoisotopic (exact) mass is 343 g/mol. The molecular formula is C20H29N3O2. The van der Waals surface area contributed by atoms with Crippen LogP contribution in [-0.4, -0.2) is 22.8 Å². The number of nitrogens with zero attached hydrogens (tertiary/aromatic N) is 2. The first-order valence-corrected chi connectivity index (χ1v) is 8.70. The standard InChI is InChI=1S/C20H29N3O2/c1-12(2)19(16-8-10-17(25-7)11-9-16)21-20(24)13(3)18-14(4)22-23(6)15(18)5/h8-13,19H,1-7H3,(H,21,24)/t13-,19-/m1/s1. The van der Waals surface area contributed by atoms with Crippen LogP contribution in [0.2, 0.25) is 0 Å². The van der Waals surface area contributed by atoms with Gasteiger partial charge in [0.1, 0.15) is 5.75 Å². The molecule has 0 saturated carbocycles. The maximum atomic E-state index is 12.9. The summed E-state index contributed by atoms with van der Waals surface area (Å²) in [4.78, 5) is 12.9.